The van der Waals surface area contributed by atoms with Crippen molar-refractivity contribution in [2.24, 2.45) is 7.05 Å². The Kier molecular flexibility index (Phi) is 5.19. The van der Waals surface area contributed by atoms with Crippen LogP contribution in [0.15, 0.2) is 69.2 Å². The van der Waals surface area contributed by atoms with E-state index >= 15 is 0 Å². The van der Waals surface area contributed by atoms with Crippen LogP contribution < -0.4 is 5.56 Å². The molecule has 0 spiro atoms. The molecular formula is C25H18N6O4S. The lowest BCUT2D eigenvalue weighted by Gasteiger charge is -2.06. The van der Waals surface area contributed by atoms with Gasteiger partial charge < -0.3 is 9.15 Å². The topological polar surface area (TPSA) is 117 Å². The maximum absolute atomic E-state index is 12.7. The highest BCUT2D eigenvalue weighted by Gasteiger charge is 2.18. The van der Waals surface area contributed by atoms with Gasteiger partial charge in [-0.3, -0.25) is 13.8 Å². The predicted molar refractivity (Wildman–Crippen MR) is 133 cm³/mol. The summed E-state index contributed by atoms with van der Waals surface area (Å²) in [7, 11) is 1.64. The van der Waals surface area contributed by atoms with Crippen LogP contribution in [0.4, 0.5) is 0 Å². The average molecular weight is 499 g/mol. The number of ether oxygens (including phenoxy) is 1. The van der Waals surface area contributed by atoms with Crippen LogP contribution in [0.1, 0.15) is 21.7 Å². The zero-order chi connectivity index (χ0) is 24.8. The molecular weight excluding hydrogens is 480 g/mol. The van der Waals surface area contributed by atoms with Crippen molar-refractivity contribution in [1.82, 2.24) is 29.4 Å². The molecule has 4 aromatic heterocycles. The molecule has 0 radical (unpaired) electrons. The molecule has 0 unspecified atom stereocenters. The smallest absolute Gasteiger partial charge is 0.338 e. The normalized spacial score (nSPS) is 11.4. The minimum absolute atomic E-state index is 0.103. The molecule has 178 valence electrons. The lowest BCUT2D eigenvalue weighted by atomic mass is 10.1. The Bertz CT molecular complexity index is 1810. The molecule has 6 aromatic rings. The van der Waals surface area contributed by atoms with Crippen LogP contribution in [0.3, 0.4) is 0 Å². The molecule has 2 aromatic carbocycles. The summed E-state index contributed by atoms with van der Waals surface area (Å²) in [5.41, 5.74) is 3.49. The number of thiophene rings is 1. The molecule has 0 aliphatic rings. The zero-order valence-corrected chi connectivity index (χ0v) is 20.0. The largest absolute Gasteiger partial charge is 0.454 e. The molecule has 4 heterocycles. The van der Waals surface area contributed by atoms with Crippen molar-refractivity contribution in [2.75, 3.05) is 0 Å². The quantitative estimate of drug-likeness (QED) is 0.327. The van der Waals surface area contributed by atoms with E-state index in [1.54, 1.807) is 35.7 Å². The lowest BCUT2D eigenvalue weighted by molar-refractivity contribution is 0.0461. The summed E-state index contributed by atoms with van der Waals surface area (Å²) >= 11 is 1.34. The summed E-state index contributed by atoms with van der Waals surface area (Å²) < 4.78 is 15.1. The standard InChI is InChI=1S/C25H18N6O4S/c1-14-5-3-4-6-17(14)22-28-27-21(35-22)15-7-9-16(10-8-15)24(33)34-13-19-26-29-25-30(2)23(32)20-18(31(19)25)11-12-36-20/h3-12H,13H2,1-2H3. The van der Waals surface area contributed by atoms with Gasteiger partial charge in [0.15, 0.2) is 12.4 Å². The first-order valence-corrected chi connectivity index (χ1v) is 11.9. The van der Waals surface area contributed by atoms with Gasteiger partial charge in [0.2, 0.25) is 17.6 Å². The van der Waals surface area contributed by atoms with Crippen molar-refractivity contribution in [2.45, 2.75) is 13.5 Å². The van der Waals surface area contributed by atoms with Gasteiger partial charge in [0, 0.05) is 18.2 Å². The second-order valence-electron chi connectivity index (χ2n) is 8.13. The number of benzene rings is 2. The number of hydrogen-bond donors (Lipinski definition) is 0. The first-order valence-electron chi connectivity index (χ1n) is 11.0. The van der Waals surface area contributed by atoms with Gasteiger partial charge >= 0.3 is 5.97 Å². The van der Waals surface area contributed by atoms with Crippen molar-refractivity contribution in [3.05, 3.63) is 87.3 Å². The van der Waals surface area contributed by atoms with E-state index in [1.807, 2.05) is 42.6 Å². The molecule has 0 atom stereocenters. The molecule has 0 aliphatic heterocycles. The van der Waals surface area contributed by atoms with Gasteiger partial charge in [-0.2, -0.15) is 0 Å². The Morgan fingerprint density at radius 3 is 2.58 bits per heavy atom. The Morgan fingerprint density at radius 1 is 1.00 bits per heavy atom. The highest BCUT2D eigenvalue weighted by Crippen LogP contribution is 2.26. The highest BCUT2D eigenvalue weighted by atomic mass is 32.1. The van der Waals surface area contributed by atoms with Crippen molar-refractivity contribution < 1.29 is 13.9 Å². The summed E-state index contributed by atoms with van der Waals surface area (Å²) in [5, 5.41) is 18.3. The number of aromatic nitrogens is 6. The van der Waals surface area contributed by atoms with E-state index in [2.05, 4.69) is 20.4 Å². The summed E-state index contributed by atoms with van der Waals surface area (Å²) in [6.45, 7) is 1.88. The summed E-state index contributed by atoms with van der Waals surface area (Å²) in [5.74, 6) is 1.07. The Morgan fingerprint density at radius 2 is 1.78 bits per heavy atom. The second-order valence-corrected chi connectivity index (χ2v) is 9.05. The van der Waals surface area contributed by atoms with Gasteiger partial charge in [0.05, 0.1) is 11.1 Å². The number of nitrogens with zero attached hydrogens (tertiary/aromatic N) is 6. The number of carbonyl (C=O) groups excluding carboxylic acids is 1. The van der Waals surface area contributed by atoms with Gasteiger partial charge in [-0.1, -0.05) is 18.2 Å². The van der Waals surface area contributed by atoms with Crippen molar-refractivity contribution >= 4 is 33.3 Å². The Labute approximate surface area is 207 Å². The third-order valence-electron chi connectivity index (χ3n) is 5.90. The fraction of sp³-hybridized carbons (Fsp3) is 0.120. The van der Waals surface area contributed by atoms with Crippen LogP contribution in [0.25, 0.3) is 38.9 Å². The average Bonchev–Trinajstić information content (AvgIpc) is 3.66. The van der Waals surface area contributed by atoms with Crippen LogP contribution in [0, 0.1) is 6.92 Å². The zero-order valence-electron chi connectivity index (χ0n) is 19.2. The first kappa shape index (κ1) is 21.9. The van der Waals surface area contributed by atoms with E-state index in [9.17, 15) is 9.59 Å². The van der Waals surface area contributed by atoms with E-state index in [0.717, 1.165) is 11.1 Å². The number of fused-ring (bicyclic) bond motifs is 3. The molecule has 10 nitrogen and oxygen atoms in total. The maximum Gasteiger partial charge on any atom is 0.338 e. The molecule has 36 heavy (non-hydrogen) atoms. The fourth-order valence-corrected chi connectivity index (χ4v) is 4.82. The molecule has 0 fully saturated rings. The highest BCUT2D eigenvalue weighted by molar-refractivity contribution is 7.17. The van der Waals surface area contributed by atoms with Crippen molar-refractivity contribution in [3.63, 3.8) is 0 Å². The monoisotopic (exact) mass is 498 g/mol. The molecule has 6 rings (SSSR count). The SMILES string of the molecule is Cc1ccccc1-c1nnc(-c2ccc(C(=O)OCc3nnc4n(C)c(=O)c5sccc5n34)cc2)o1. The summed E-state index contributed by atoms with van der Waals surface area (Å²) in [4.78, 5) is 25.2. The maximum atomic E-state index is 12.7. The fourth-order valence-electron chi connectivity index (χ4n) is 3.97. The Hall–Kier alpha value is -4.64. The van der Waals surface area contributed by atoms with E-state index in [4.69, 9.17) is 9.15 Å². The molecule has 0 amide bonds. The van der Waals surface area contributed by atoms with Gasteiger partial charge in [-0.25, -0.2) is 4.79 Å². The summed E-state index contributed by atoms with van der Waals surface area (Å²) in [6, 6.07) is 16.3. The van der Waals surface area contributed by atoms with Crippen LogP contribution in [0.5, 0.6) is 0 Å². The summed E-state index contributed by atoms with van der Waals surface area (Å²) in [6.07, 6.45) is 0. The number of esters is 1. The van der Waals surface area contributed by atoms with Gasteiger partial charge in [-0.05, 0) is 54.3 Å². The van der Waals surface area contributed by atoms with Crippen molar-refractivity contribution in [1.29, 1.82) is 0 Å². The van der Waals surface area contributed by atoms with Crippen LogP contribution in [-0.4, -0.2) is 35.3 Å². The molecule has 0 saturated carbocycles. The molecule has 0 bridgehead atoms. The molecule has 0 N–H and O–H groups in total. The number of hydrogen-bond acceptors (Lipinski definition) is 9. The van der Waals surface area contributed by atoms with Gasteiger partial charge in [0.25, 0.3) is 5.56 Å². The van der Waals surface area contributed by atoms with Gasteiger partial charge in [0.1, 0.15) is 4.70 Å². The Balaban J connectivity index is 1.20. The predicted octanol–water partition coefficient (Wildman–Crippen LogP) is 4.03. The molecule has 0 aliphatic carbocycles. The van der Waals surface area contributed by atoms with Gasteiger partial charge in [-0.15, -0.1) is 31.7 Å². The van der Waals surface area contributed by atoms with Crippen LogP contribution >= 0.6 is 11.3 Å². The molecule has 0 saturated heterocycles. The van der Waals surface area contributed by atoms with E-state index in [0.29, 0.717) is 44.7 Å². The third kappa shape index (κ3) is 3.57. The van der Waals surface area contributed by atoms with Crippen LogP contribution in [-0.2, 0) is 18.4 Å². The second kappa shape index (κ2) is 8.54. The number of aryl methyl sites for hydroxylation is 2. The van der Waals surface area contributed by atoms with Crippen molar-refractivity contribution in [3.8, 4) is 22.9 Å². The van der Waals surface area contributed by atoms with Crippen LogP contribution in [0.2, 0.25) is 0 Å². The van der Waals surface area contributed by atoms with E-state index in [1.165, 1.54) is 15.9 Å². The number of carbonyl (C=O) groups is 1. The number of rotatable bonds is 5. The molecule has 11 heteroatoms. The third-order valence-corrected chi connectivity index (χ3v) is 6.79. The first-order chi connectivity index (χ1) is 17.5. The van der Waals surface area contributed by atoms with E-state index < -0.39 is 5.97 Å². The minimum atomic E-state index is -0.518. The minimum Gasteiger partial charge on any atom is -0.454 e. The lowest BCUT2D eigenvalue weighted by Crippen LogP contribution is -2.19. The van der Waals surface area contributed by atoms with E-state index in [-0.39, 0.29) is 12.2 Å².